The van der Waals surface area contributed by atoms with Crippen molar-refractivity contribution in [2.24, 2.45) is 0 Å². The lowest BCUT2D eigenvalue weighted by Crippen LogP contribution is -2.15. The van der Waals surface area contributed by atoms with Crippen LogP contribution in [0.4, 0.5) is 10.1 Å². The van der Waals surface area contributed by atoms with Crippen LogP contribution in [0.1, 0.15) is 20.9 Å². The van der Waals surface area contributed by atoms with Gasteiger partial charge in [0.25, 0.3) is 11.5 Å². The zero-order chi connectivity index (χ0) is 20.4. The summed E-state index contributed by atoms with van der Waals surface area (Å²) in [5, 5.41) is 2.72. The number of fused-ring (bicyclic) bond motifs is 1. The van der Waals surface area contributed by atoms with Gasteiger partial charge in [-0.05, 0) is 37.3 Å². The van der Waals surface area contributed by atoms with Gasteiger partial charge in [0.05, 0.1) is 11.4 Å². The molecule has 0 saturated heterocycles. The van der Waals surface area contributed by atoms with E-state index in [9.17, 15) is 14.0 Å². The molecule has 4 rings (SSSR count). The molecule has 0 spiro atoms. The van der Waals surface area contributed by atoms with Crippen LogP contribution in [0.25, 0.3) is 4.96 Å². The highest BCUT2D eigenvalue weighted by molar-refractivity contribution is 7.16. The summed E-state index contributed by atoms with van der Waals surface area (Å²) < 4.78 is 20.7. The summed E-state index contributed by atoms with van der Waals surface area (Å²) in [5.41, 5.74) is 0.952. The van der Waals surface area contributed by atoms with Crippen LogP contribution >= 0.6 is 11.3 Å². The molecule has 29 heavy (non-hydrogen) atoms. The van der Waals surface area contributed by atoms with Crippen molar-refractivity contribution in [1.82, 2.24) is 9.38 Å². The van der Waals surface area contributed by atoms with Crippen LogP contribution < -0.4 is 15.6 Å². The van der Waals surface area contributed by atoms with E-state index in [-0.39, 0.29) is 17.7 Å². The molecule has 0 atom stereocenters. The van der Waals surface area contributed by atoms with Crippen LogP contribution in [-0.2, 0) is 6.61 Å². The molecule has 0 aliphatic carbocycles. The Morgan fingerprint density at radius 3 is 2.86 bits per heavy atom. The fraction of sp³-hybridized carbons (Fsp3) is 0.0952. The summed E-state index contributed by atoms with van der Waals surface area (Å²) in [4.78, 5) is 30.6. The van der Waals surface area contributed by atoms with Gasteiger partial charge in [-0.1, -0.05) is 18.2 Å². The lowest BCUT2D eigenvalue weighted by Gasteiger charge is -2.12. The molecule has 0 aliphatic heterocycles. The molecule has 0 bridgehead atoms. The third-order valence-electron chi connectivity index (χ3n) is 4.13. The average Bonchev–Trinajstić information content (AvgIpc) is 3.08. The van der Waals surface area contributed by atoms with Gasteiger partial charge < -0.3 is 10.1 Å². The topological polar surface area (TPSA) is 72.7 Å². The number of amides is 1. The minimum absolute atomic E-state index is 0.0650. The van der Waals surface area contributed by atoms with Crippen LogP contribution in [-0.4, -0.2) is 15.3 Å². The van der Waals surface area contributed by atoms with Crippen molar-refractivity contribution in [3.63, 3.8) is 0 Å². The van der Waals surface area contributed by atoms with E-state index >= 15 is 0 Å². The molecule has 1 N–H and O–H groups in total. The molecule has 8 heteroatoms. The molecule has 4 aromatic rings. The zero-order valence-electron chi connectivity index (χ0n) is 15.4. The van der Waals surface area contributed by atoms with Crippen LogP contribution in [0, 0.1) is 12.7 Å². The van der Waals surface area contributed by atoms with E-state index in [1.54, 1.807) is 30.5 Å². The number of hydrogen-bond acceptors (Lipinski definition) is 5. The van der Waals surface area contributed by atoms with E-state index < -0.39 is 11.7 Å². The highest BCUT2D eigenvalue weighted by Crippen LogP contribution is 2.25. The normalized spacial score (nSPS) is 10.8. The Morgan fingerprint density at radius 2 is 2.03 bits per heavy atom. The zero-order valence-corrected chi connectivity index (χ0v) is 16.2. The van der Waals surface area contributed by atoms with Gasteiger partial charge in [-0.15, -0.1) is 11.3 Å². The van der Waals surface area contributed by atoms with Gasteiger partial charge in [0.2, 0.25) is 0 Å². The largest absolute Gasteiger partial charge is 0.485 e. The predicted octanol–water partition coefficient (Wildman–Crippen LogP) is 4.03. The van der Waals surface area contributed by atoms with E-state index in [4.69, 9.17) is 4.74 Å². The van der Waals surface area contributed by atoms with Gasteiger partial charge >= 0.3 is 0 Å². The maximum atomic E-state index is 13.4. The number of hydrogen-bond donors (Lipinski definition) is 1. The Balaban J connectivity index is 1.53. The Morgan fingerprint density at radius 1 is 1.21 bits per heavy atom. The second-order valence-corrected chi connectivity index (χ2v) is 7.54. The number of anilines is 1. The van der Waals surface area contributed by atoms with E-state index in [2.05, 4.69) is 10.3 Å². The third-order valence-corrected chi connectivity index (χ3v) is 5.03. The van der Waals surface area contributed by atoms with Crippen molar-refractivity contribution in [1.29, 1.82) is 0 Å². The molecule has 2 aromatic carbocycles. The predicted molar refractivity (Wildman–Crippen MR) is 109 cm³/mol. The minimum Gasteiger partial charge on any atom is -0.485 e. The molecular weight excluding hydrogens is 393 g/mol. The molecule has 2 heterocycles. The van der Waals surface area contributed by atoms with Crippen molar-refractivity contribution in [3.05, 3.63) is 93.1 Å². The molecule has 0 fully saturated rings. The molecule has 146 valence electrons. The Labute approximate surface area is 169 Å². The summed E-state index contributed by atoms with van der Waals surface area (Å²) in [6.45, 7) is 1.97. The van der Waals surface area contributed by atoms with E-state index in [0.717, 1.165) is 10.9 Å². The number of benzene rings is 2. The molecule has 2 aromatic heterocycles. The monoisotopic (exact) mass is 409 g/mol. The molecule has 6 nitrogen and oxygen atoms in total. The third kappa shape index (κ3) is 4.17. The number of nitrogens with zero attached hydrogens (tertiary/aromatic N) is 2. The first-order chi connectivity index (χ1) is 14.0. The lowest BCUT2D eigenvalue weighted by atomic mass is 10.2. The number of carbonyl (C=O) groups is 1. The molecule has 1 amide bonds. The number of halogens is 1. The van der Waals surface area contributed by atoms with Crippen LogP contribution in [0.2, 0.25) is 0 Å². The maximum Gasteiger partial charge on any atom is 0.258 e. The average molecular weight is 409 g/mol. The van der Waals surface area contributed by atoms with Crippen LogP contribution in [0.15, 0.2) is 65.6 Å². The summed E-state index contributed by atoms with van der Waals surface area (Å²) in [7, 11) is 0. The molecule has 0 saturated carbocycles. The first kappa shape index (κ1) is 18.8. The van der Waals surface area contributed by atoms with Crippen LogP contribution in [0.3, 0.4) is 0 Å². The standard InChI is InChI=1S/C21H16FN3O3S/c1-13-11-25-19(26)10-16(23-21(25)29-13)12-28-18-8-3-2-7-17(18)24-20(27)14-5-4-6-15(22)9-14/h2-11H,12H2,1H3,(H,24,27). The summed E-state index contributed by atoms with van der Waals surface area (Å²) in [5.74, 6) is -0.521. The van der Waals surface area contributed by atoms with E-state index in [1.807, 2.05) is 6.92 Å². The Hall–Kier alpha value is -3.52. The highest BCUT2D eigenvalue weighted by atomic mass is 32.1. The Bertz CT molecular complexity index is 1270. The Kier molecular flexibility index (Phi) is 5.09. The van der Waals surface area contributed by atoms with Gasteiger partial charge in [0, 0.05) is 22.7 Å². The first-order valence-electron chi connectivity index (χ1n) is 8.77. The number of ether oxygens (including phenoxy) is 1. The molecular formula is C21H16FN3O3S. The van der Waals surface area contributed by atoms with E-state index in [0.29, 0.717) is 22.1 Å². The van der Waals surface area contributed by atoms with Crippen molar-refractivity contribution in [2.45, 2.75) is 13.5 Å². The SMILES string of the molecule is Cc1cn2c(=O)cc(COc3ccccc3NC(=O)c3cccc(F)c3)nc2s1. The van der Waals surface area contributed by atoms with E-state index in [1.165, 1.54) is 40.0 Å². The van der Waals surface area contributed by atoms with Crippen LogP contribution in [0.5, 0.6) is 5.75 Å². The number of aromatic nitrogens is 2. The fourth-order valence-electron chi connectivity index (χ4n) is 2.80. The number of thiazole rings is 1. The van der Waals surface area contributed by atoms with Gasteiger partial charge in [-0.2, -0.15) is 0 Å². The number of carbonyl (C=O) groups excluding carboxylic acids is 1. The summed E-state index contributed by atoms with van der Waals surface area (Å²) >= 11 is 1.42. The van der Waals surface area contributed by atoms with Gasteiger partial charge in [0.1, 0.15) is 18.2 Å². The van der Waals surface area contributed by atoms with Gasteiger partial charge in [-0.3, -0.25) is 14.0 Å². The summed E-state index contributed by atoms with van der Waals surface area (Å²) in [6, 6.07) is 13.7. The number of para-hydroxylation sites is 2. The summed E-state index contributed by atoms with van der Waals surface area (Å²) in [6.07, 6.45) is 1.75. The van der Waals surface area contributed by atoms with Crippen molar-refractivity contribution in [2.75, 3.05) is 5.32 Å². The lowest BCUT2D eigenvalue weighted by molar-refractivity contribution is 0.102. The quantitative estimate of drug-likeness (QED) is 0.540. The molecule has 0 unspecified atom stereocenters. The van der Waals surface area contributed by atoms with Crippen molar-refractivity contribution >= 4 is 27.9 Å². The maximum absolute atomic E-state index is 13.4. The highest BCUT2D eigenvalue weighted by Gasteiger charge is 2.12. The van der Waals surface area contributed by atoms with Gasteiger partial charge in [0.15, 0.2) is 4.96 Å². The van der Waals surface area contributed by atoms with Crippen molar-refractivity contribution < 1.29 is 13.9 Å². The molecule has 0 radical (unpaired) electrons. The number of aryl methyl sites for hydroxylation is 1. The molecule has 0 aliphatic rings. The first-order valence-corrected chi connectivity index (χ1v) is 9.59. The second-order valence-electron chi connectivity index (χ2n) is 6.33. The number of nitrogens with one attached hydrogen (secondary N) is 1. The van der Waals surface area contributed by atoms with Gasteiger partial charge in [-0.25, -0.2) is 9.37 Å². The minimum atomic E-state index is -0.487. The van der Waals surface area contributed by atoms with Crippen molar-refractivity contribution in [3.8, 4) is 5.75 Å². The number of rotatable bonds is 5. The fourth-order valence-corrected chi connectivity index (χ4v) is 3.65. The smallest absolute Gasteiger partial charge is 0.258 e. The second kappa shape index (κ2) is 7.84.